The van der Waals surface area contributed by atoms with Crippen molar-refractivity contribution < 1.29 is 14.7 Å². The number of carbonyl (C=O) groups is 2. The van der Waals surface area contributed by atoms with Crippen LogP contribution in [0.4, 0.5) is 11.4 Å². The summed E-state index contributed by atoms with van der Waals surface area (Å²) in [7, 11) is 1.80. The summed E-state index contributed by atoms with van der Waals surface area (Å²) in [5.41, 5.74) is 5.72. The molecule has 0 saturated carbocycles. The van der Waals surface area contributed by atoms with Gasteiger partial charge in [0.1, 0.15) is 12.3 Å². The van der Waals surface area contributed by atoms with Gasteiger partial charge in [-0.05, 0) is 47.9 Å². The highest BCUT2D eigenvalue weighted by Crippen LogP contribution is 2.32. The Morgan fingerprint density at radius 2 is 1.97 bits per heavy atom. The first-order valence-corrected chi connectivity index (χ1v) is 9.29. The lowest BCUT2D eigenvalue weighted by atomic mass is 9.96. The number of rotatable bonds is 4. The summed E-state index contributed by atoms with van der Waals surface area (Å²) < 4.78 is 0. The van der Waals surface area contributed by atoms with Gasteiger partial charge < -0.3 is 15.3 Å². The smallest absolute Gasteiger partial charge is 0.250 e. The summed E-state index contributed by atoms with van der Waals surface area (Å²) >= 11 is 0. The molecular formula is C22H20N4O3. The van der Waals surface area contributed by atoms with E-state index >= 15 is 0 Å². The Bertz CT molecular complexity index is 1080. The molecule has 0 unspecified atom stereocenters. The van der Waals surface area contributed by atoms with Crippen LogP contribution in [0.3, 0.4) is 0 Å². The van der Waals surface area contributed by atoms with Gasteiger partial charge in [-0.2, -0.15) is 0 Å². The van der Waals surface area contributed by atoms with Crippen molar-refractivity contribution in [2.24, 2.45) is 0 Å². The summed E-state index contributed by atoms with van der Waals surface area (Å²) in [6.07, 6.45) is 4.65. The number of benzene rings is 1. The van der Waals surface area contributed by atoms with E-state index in [1.807, 2.05) is 24.3 Å². The average molecular weight is 388 g/mol. The highest BCUT2D eigenvalue weighted by molar-refractivity contribution is 5.96. The van der Waals surface area contributed by atoms with E-state index in [2.05, 4.69) is 21.4 Å². The van der Waals surface area contributed by atoms with Crippen molar-refractivity contribution in [3.8, 4) is 22.5 Å². The van der Waals surface area contributed by atoms with Gasteiger partial charge in [0, 0.05) is 37.1 Å². The van der Waals surface area contributed by atoms with Crippen molar-refractivity contribution in [1.29, 1.82) is 0 Å². The van der Waals surface area contributed by atoms with Crippen molar-refractivity contribution >= 4 is 23.2 Å². The van der Waals surface area contributed by atoms with Gasteiger partial charge in [0.2, 0.25) is 11.8 Å². The number of aliphatic hydroxyl groups excluding tert-OH is 1. The maximum atomic E-state index is 11.9. The van der Waals surface area contributed by atoms with Crippen LogP contribution in [-0.4, -0.2) is 40.5 Å². The Kier molecular flexibility index (Phi) is 5.05. The number of pyridine rings is 2. The van der Waals surface area contributed by atoms with Crippen LogP contribution in [0, 0.1) is 0 Å². The van der Waals surface area contributed by atoms with E-state index in [9.17, 15) is 9.59 Å². The number of nitrogens with zero attached hydrogens (tertiary/aromatic N) is 3. The van der Waals surface area contributed by atoms with Crippen molar-refractivity contribution in [1.82, 2.24) is 9.97 Å². The number of aliphatic hydroxyl groups is 1. The number of fused-ring (bicyclic) bond motifs is 1. The van der Waals surface area contributed by atoms with Crippen LogP contribution in [0.15, 0.2) is 54.9 Å². The van der Waals surface area contributed by atoms with Crippen LogP contribution in [0.25, 0.3) is 22.5 Å². The first-order valence-electron chi connectivity index (χ1n) is 9.29. The fourth-order valence-electron chi connectivity index (χ4n) is 3.44. The molecule has 0 saturated heterocycles. The predicted octanol–water partition coefficient (Wildman–Crippen LogP) is 2.65. The second-order valence-corrected chi connectivity index (χ2v) is 6.83. The maximum Gasteiger partial charge on any atom is 0.250 e. The maximum absolute atomic E-state index is 11.9. The monoisotopic (exact) mass is 388 g/mol. The number of hydrogen-bond donors (Lipinski definition) is 2. The lowest BCUT2D eigenvalue weighted by Crippen LogP contribution is -2.30. The van der Waals surface area contributed by atoms with Crippen LogP contribution >= 0.6 is 0 Å². The zero-order valence-corrected chi connectivity index (χ0v) is 15.9. The van der Waals surface area contributed by atoms with Crippen LogP contribution in [0.1, 0.15) is 12.0 Å². The Labute approximate surface area is 168 Å². The topological polar surface area (TPSA) is 95.4 Å². The van der Waals surface area contributed by atoms with Gasteiger partial charge in [-0.15, -0.1) is 0 Å². The lowest BCUT2D eigenvalue weighted by molar-refractivity contribution is -0.119. The molecule has 1 aromatic carbocycles. The standard InChI is InChI=1S/C22H20N4O3/c1-26-19-8-5-14(11-15(19)6-9-21(26)29)16-4-7-17(24-12-16)22-18(3-2-10-23-22)25-20(28)13-27/h2-5,7-8,10-12,27H,6,9,13H2,1H3,(H,25,28). The van der Waals surface area contributed by atoms with E-state index < -0.39 is 12.5 Å². The predicted molar refractivity (Wildman–Crippen MR) is 110 cm³/mol. The summed E-state index contributed by atoms with van der Waals surface area (Å²) in [5.74, 6) is -0.371. The summed E-state index contributed by atoms with van der Waals surface area (Å²) in [4.78, 5) is 33.9. The fourth-order valence-corrected chi connectivity index (χ4v) is 3.44. The molecular weight excluding hydrogens is 368 g/mol. The van der Waals surface area contributed by atoms with E-state index in [1.54, 1.807) is 36.5 Å². The van der Waals surface area contributed by atoms with Crippen LogP contribution in [-0.2, 0) is 16.0 Å². The molecule has 29 heavy (non-hydrogen) atoms. The molecule has 1 aliphatic rings. The van der Waals surface area contributed by atoms with E-state index in [0.29, 0.717) is 23.5 Å². The first-order chi connectivity index (χ1) is 14.1. The molecule has 146 valence electrons. The van der Waals surface area contributed by atoms with Gasteiger partial charge in [-0.1, -0.05) is 12.1 Å². The fraction of sp³-hybridized carbons (Fsp3) is 0.182. The Morgan fingerprint density at radius 1 is 1.14 bits per heavy atom. The normalized spacial score (nSPS) is 13.2. The Hall–Kier alpha value is -3.58. The molecule has 4 rings (SSSR count). The van der Waals surface area contributed by atoms with Gasteiger partial charge in [0.05, 0.1) is 11.4 Å². The third kappa shape index (κ3) is 3.72. The van der Waals surface area contributed by atoms with Crippen molar-refractivity contribution in [3.05, 3.63) is 60.4 Å². The first kappa shape index (κ1) is 18.8. The number of anilines is 2. The number of hydrogen-bond acceptors (Lipinski definition) is 5. The van der Waals surface area contributed by atoms with Gasteiger partial charge in [0.15, 0.2) is 0 Å². The van der Waals surface area contributed by atoms with Gasteiger partial charge in [-0.25, -0.2) is 0 Å². The summed E-state index contributed by atoms with van der Waals surface area (Å²) in [6.45, 7) is -0.597. The molecule has 0 aliphatic carbocycles. The number of aromatic nitrogens is 2. The van der Waals surface area contributed by atoms with E-state index in [-0.39, 0.29) is 5.91 Å². The molecule has 1 aliphatic heterocycles. The molecule has 0 radical (unpaired) electrons. The molecule has 0 bridgehead atoms. The molecule has 0 atom stereocenters. The van der Waals surface area contributed by atoms with Crippen molar-refractivity contribution in [2.75, 3.05) is 23.9 Å². The zero-order valence-electron chi connectivity index (χ0n) is 15.9. The lowest BCUT2D eigenvalue weighted by Gasteiger charge is -2.26. The summed E-state index contributed by atoms with van der Waals surface area (Å²) in [5, 5.41) is 11.6. The molecule has 7 heteroatoms. The number of carbonyl (C=O) groups excluding carboxylic acids is 2. The van der Waals surface area contributed by atoms with E-state index in [1.165, 1.54) is 0 Å². The third-order valence-electron chi connectivity index (χ3n) is 4.99. The number of aryl methyl sites for hydroxylation is 1. The minimum Gasteiger partial charge on any atom is -0.387 e. The van der Waals surface area contributed by atoms with Crippen molar-refractivity contribution in [2.45, 2.75) is 12.8 Å². The molecule has 2 aromatic heterocycles. The average Bonchev–Trinajstić information content (AvgIpc) is 2.76. The molecule has 3 heterocycles. The quantitative estimate of drug-likeness (QED) is 0.716. The van der Waals surface area contributed by atoms with E-state index in [0.717, 1.165) is 28.8 Å². The number of nitrogens with one attached hydrogen (secondary N) is 1. The minimum atomic E-state index is -0.597. The highest BCUT2D eigenvalue weighted by Gasteiger charge is 2.21. The van der Waals surface area contributed by atoms with Gasteiger partial charge in [0.25, 0.3) is 0 Å². The molecule has 3 aromatic rings. The Morgan fingerprint density at radius 3 is 2.72 bits per heavy atom. The largest absolute Gasteiger partial charge is 0.387 e. The van der Waals surface area contributed by atoms with Gasteiger partial charge in [-0.3, -0.25) is 19.6 Å². The zero-order chi connectivity index (χ0) is 20.4. The van der Waals surface area contributed by atoms with Gasteiger partial charge >= 0.3 is 0 Å². The third-order valence-corrected chi connectivity index (χ3v) is 4.99. The highest BCUT2D eigenvalue weighted by atomic mass is 16.3. The molecule has 0 fully saturated rings. The second-order valence-electron chi connectivity index (χ2n) is 6.83. The van der Waals surface area contributed by atoms with Crippen LogP contribution < -0.4 is 10.2 Å². The van der Waals surface area contributed by atoms with Crippen LogP contribution in [0.5, 0.6) is 0 Å². The summed E-state index contributed by atoms with van der Waals surface area (Å²) in [6, 6.07) is 13.3. The SMILES string of the molecule is CN1C(=O)CCc2cc(-c3ccc(-c4ncccc4NC(=O)CO)nc3)ccc21. The molecule has 2 amide bonds. The van der Waals surface area contributed by atoms with E-state index in [4.69, 9.17) is 5.11 Å². The number of amides is 2. The molecule has 7 nitrogen and oxygen atoms in total. The minimum absolute atomic E-state index is 0.135. The Balaban J connectivity index is 1.63. The molecule has 2 N–H and O–H groups in total. The molecule has 0 spiro atoms. The second kappa shape index (κ2) is 7.81. The van der Waals surface area contributed by atoms with Crippen LogP contribution in [0.2, 0.25) is 0 Å². The van der Waals surface area contributed by atoms with Crippen molar-refractivity contribution in [3.63, 3.8) is 0 Å².